The number of carbonyl (C=O) groups is 2. The Kier molecular flexibility index (Phi) is 4.18. The third kappa shape index (κ3) is 3.61. The standard InChI is InChI=1S/C19H17N5O2/c25-18(22-16-6-7-16)13-1-4-15(5-2-13)23-19(26)14-3-8-17(21-11-14)24-10-9-20-12-24/h1-5,8-12,16H,6-7H2,(H,22,25)(H,23,26). The van der Waals surface area contributed by atoms with Crippen LogP contribution in [0.4, 0.5) is 5.69 Å². The van der Waals surface area contributed by atoms with Gasteiger partial charge in [-0.25, -0.2) is 9.97 Å². The Morgan fingerprint density at radius 1 is 1.00 bits per heavy atom. The molecule has 7 heteroatoms. The minimum atomic E-state index is -0.259. The van der Waals surface area contributed by atoms with Crippen LogP contribution in [0.15, 0.2) is 61.3 Å². The minimum absolute atomic E-state index is 0.0790. The van der Waals surface area contributed by atoms with Gasteiger partial charge in [0.25, 0.3) is 11.8 Å². The van der Waals surface area contributed by atoms with Crippen LogP contribution < -0.4 is 10.6 Å². The first-order valence-electron chi connectivity index (χ1n) is 8.36. The van der Waals surface area contributed by atoms with Gasteiger partial charge in [0.1, 0.15) is 12.1 Å². The molecule has 0 saturated heterocycles. The van der Waals surface area contributed by atoms with Crippen molar-refractivity contribution in [2.45, 2.75) is 18.9 Å². The molecule has 0 aliphatic heterocycles. The number of carbonyl (C=O) groups excluding carboxylic acids is 2. The number of nitrogens with zero attached hydrogens (tertiary/aromatic N) is 3. The highest BCUT2D eigenvalue weighted by atomic mass is 16.2. The number of benzene rings is 1. The van der Waals surface area contributed by atoms with Crippen molar-refractivity contribution in [2.24, 2.45) is 0 Å². The zero-order valence-corrected chi connectivity index (χ0v) is 13.9. The maximum Gasteiger partial charge on any atom is 0.257 e. The molecule has 2 aromatic heterocycles. The highest BCUT2D eigenvalue weighted by Gasteiger charge is 2.23. The van der Waals surface area contributed by atoms with Crippen LogP contribution >= 0.6 is 0 Å². The number of amides is 2. The van der Waals surface area contributed by atoms with E-state index < -0.39 is 0 Å². The van der Waals surface area contributed by atoms with E-state index >= 15 is 0 Å². The molecule has 7 nitrogen and oxygen atoms in total. The second kappa shape index (κ2) is 6.79. The van der Waals surface area contributed by atoms with E-state index in [-0.39, 0.29) is 11.8 Å². The van der Waals surface area contributed by atoms with E-state index in [0.717, 1.165) is 12.8 Å². The molecule has 2 amide bonds. The maximum absolute atomic E-state index is 12.3. The predicted molar refractivity (Wildman–Crippen MR) is 96.2 cm³/mol. The lowest BCUT2D eigenvalue weighted by molar-refractivity contribution is 0.0950. The summed E-state index contributed by atoms with van der Waals surface area (Å²) in [5.41, 5.74) is 1.65. The molecule has 4 rings (SSSR count). The Labute approximate surface area is 150 Å². The first kappa shape index (κ1) is 16.0. The number of nitrogens with one attached hydrogen (secondary N) is 2. The molecule has 0 atom stereocenters. The second-order valence-electron chi connectivity index (χ2n) is 6.15. The highest BCUT2D eigenvalue weighted by Crippen LogP contribution is 2.20. The molecule has 1 aliphatic carbocycles. The van der Waals surface area contributed by atoms with Crippen LogP contribution in [0.25, 0.3) is 5.82 Å². The smallest absolute Gasteiger partial charge is 0.257 e. The lowest BCUT2D eigenvalue weighted by atomic mass is 10.2. The summed E-state index contributed by atoms with van der Waals surface area (Å²) in [5.74, 6) is 0.347. The number of pyridine rings is 1. The molecule has 2 N–H and O–H groups in total. The van der Waals surface area contributed by atoms with Crippen molar-refractivity contribution in [1.29, 1.82) is 0 Å². The molecule has 130 valence electrons. The number of hydrogen-bond acceptors (Lipinski definition) is 4. The Balaban J connectivity index is 1.40. The lowest BCUT2D eigenvalue weighted by Crippen LogP contribution is -2.25. The van der Waals surface area contributed by atoms with E-state index in [0.29, 0.717) is 28.7 Å². The van der Waals surface area contributed by atoms with Gasteiger partial charge in [-0.05, 0) is 49.2 Å². The highest BCUT2D eigenvalue weighted by molar-refractivity contribution is 6.04. The molecule has 1 saturated carbocycles. The summed E-state index contributed by atoms with van der Waals surface area (Å²) in [6, 6.07) is 10.6. The van der Waals surface area contributed by atoms with Gasteiger partial charge in [0, 0.05) is 35.9 Å². The fourth-order valence-corrected chi connectivity index (χ4v) is 2.47. The zero-order valence-electron chi connectivity index (χ0n) is 13.9. The molecule has 0 radical (unpaired) electrons. The van der Waals surface area contributed by atoms with Crippen molar-refractivity contribution in [1.82, 2.24) is 19.9 Å². The van der Waals surface area contributed by atoms with E-state index in [9.17, 15) is 9.59 Å². The number of hydrogen-bond donors (Lipinski definition) is 2. The van der Waals surface area contributed by atoms with Crippen molar-refractivity contribution >= 4 is 17.5 Å². The van der Waals surface area contributed by atoms with Crippen molar-refractivity contribution in [3.05, 3.63) is 72.4 Å². The van der Waals surface area contributed by atoms with Crippen LogP contribution in [0, 0.1) is 0 Å². The molecule has 1 fully saturated rings. The topological polar surface area (TPSA) is 88.9 Å². The van der Waals surface area contributed by atoms with E-state index in [1.54, 1.807) is 59.7 Å². The SMILES string of the molecule is O=C(Nc1ccc(C(=O)NC2CC2)cc1)c1ccc(-n2ccnc2)nc1. The molecule has 2 heterocycles. The lowest BCUT2D eigenvalue weighted by Gasteiger charge is -2.08. The molecule has 0 bridgehead atoms. The first-order valence-corrected chi connectivity index (χ1v) is 8.36. The van der Waals surface area contributed by atoms with Gasteiger partial charge in [-0.15, -0.1) is 0 Å². The average molecular weight is 347 g/mol. The Bertz CT molecular complexity index is 914. The van der Waals surface area contributed by atoms with E-state index in [4.69, 9.17) is 0 Å². The van der Waals surface area contributed by atoms with Gasteiger partial charge in [-0.3, -0.25) is 14.2 Å². The normalized spacial score (nSPS) is 13.2. The Morgan fingerprint density at radius 3 is 2.38 bits per heavy atom. The summed E-state index contributed by atoms with van der Waals surface area (Å²) < 4.78 is 1.76. The average Bonchev–Trinajstić information content (AvgIpc) is 3.31. The summed E-state index contributed by atoms with van der Waals surface area (Å²) in [5, 5.41) is 5.73. The van der Waals surface area contributed by atoms with Gasteiger partial charge in [-0.1, -0.05) is 0 Å². The van der Waals surface area contributed by atoms with Gasteiger partial charge in [0.2, 0.25) is 0 Å². The van der Waals surface area contributed by atoms with Crippen LogP contribution in [0.5, 0.6) is 0 Å². The molecule has 0 spiro atoms. The summed E-state index contributed by atoms with van der Waals surface area (Å²) in [4.78, 5) is 32.5. The van der Waals surface area contributed by atoms with Crippen LogP contribution in [0.3, 0.4) is 0 Å². The third-order valence-electron chi connectivity index (χ3n) is 4.10. The monoisotopic (exact) mass is 347 g/mol. The molecule has 26 heavy (non-hydrogen) atoms. The van der Waals surface area contributed by atoms with Crippen molar-refractivity contribution in [3.8, 4) is 5.82 Å². The number of rotatable bonds is 5. The number of aromatic nitrogens is 3. The summed E-state index contributed by atoms with van der Waals surface area (Å²) in [6.45, 7) is 0. The molecule has 3 aromatic rings. The van der Waals surface area contributed by atoms with Gasteiger partial charge >= 0.3 is 0 Å². The molecular formula is C19H17N5O2. The molecular weight excluding hydrogens is 330 g/mol. The van der Waals surface area contributed by atoms with Crippen LogP contribution in [-0.2, 0) is 0 Å². The van der Waals surface area contributed by atoms with E-state index in [1.165, 1.54) is 6.20 Å². The van der Waals surface area contributed by atoms with Gasteiger partial charge in [0.15, 0.2) is 0 Å². The second-order valence-corrected chi connectivity index (χ2v) is 6.15. The van der Waals surface area contributed by atoms with Gasteiger partial charge in [0.05, 0.1) is 5.56 Å². The quantitative estimate of drug-likeness (QED) is 0.742. The molecule has 1 aliphatic rings. The number of anilines is 1. The predicted octanol–water partition coefficient (Wildman–Crippen LogP) is 2.41. The number of imidazole rings is 1. The van der Waals surface area contributed by atoms with Crippen LogP contribution in [0.2, 0.25) is 0 Å². The Morgan fingerprint density at radius 2 is 1.77 bits per heavy atom. The molecule has 1 aromatic carbocycles. The molecule has 0 unspecified atom stereocenters. The Hall–Kier alpha value is -3.48. The maximum atomic E-state index is 12.3. The first-order chi connectivity index (χ1) is 12.7. The van der Waals surface area contributed by atoms with Crippen molar-refractivity contribution < 1.29 is 9.59 Å². The fraction of sp³-hybridized carbons (Fsp3) is 0.158. The van der Waals surface area contributed by atoms with E-state index in [1.807, 2.05) is 0 Å². The fourth-order valence-electron chi connectivity index (χ4n) is 2.47. The van der Waals surface area contributed by atoms with Crippen LogP contribution in [0.1, 0.15) is 33.6 Å². The van der Waals surface area contributed by atoms with Crippen molar-refractivity contribution in [2.75, 3.05) is 5.32 Å². The largest absolute Gasteiger partial charge is 0.349 e. The van der Waals surface area contributed by atoms with Crippen LogP contribution in [-0.4, -0.2) is 32.4 Å². The van der Waals surface area contributed by atoms with Gasteiger partial charge < -0.3 is 10.6 Å². The van der Waals surface area contributed by atoms with Crippen molar-refractivity contribution in [3.63, 3.8) is 0 Å². The summed E-state index contributed by atoms with van der Waals surface area (Å²) >= 11 is 0. The van der Waals surface area contributed by atoms with E-state index in [2.05, 4.69) is 20.6 Å². The van der Waals surface area contributed by atoms with Gasteiger partial charge in [-0.2, -0.15) is 0 Å². The minimum Gasteiger partial charge on any atom is -0.349 e. The summed E-state index contributed by atoms with van der Waals surface area (Å²) in [6.07, 6.45) is 8.70. The zero-order chi connectivity index (χ0) is 17.9. The summed E-state index contributed by atoms with van der Waals surface area (Å²) in [7, 11) is 0. The third-order valence-corrected chi connectivity index (χ3v) is 4.10.